The average Bonchev–Trinajstić information content (AvgIpc) is 2.36. The molecule has 0 heterocycles. The third-order valence-corrected chi connectivity index (χ3v) is 2.64. The molecule has 0 spiro atoms. The molecule has 2 N–H and O–H groups in total. The Morgan fingerprint density at radius 3 is 2.59 bits per heavy atom. The SMILES string of the molecule is C=CCNC(=O)NC(C)c1ccc(CC)cc1. The van der Waals surface area contributed by atoms with Gasteiger partial charge in [0, 0.05) is 6.54 Å². The number of aryl methyl sites for hydroxylation is 1. The molecule has 17 heavy (non-hydrogen) atoms. The van der Waals surface area contributed by atoms with Gasteiger partial charge in [0.1, 0.15) is 0 Å². The van der Waals surface area contributed by atoms with E-state index in [1.807, 2.05) is 6.92 Å². The molecule has 1 unspecified atom stereocenters. The minimum Gasteiger partial charge on any atom is -0.335 e. The summed E-state index contributed by atoms with van der Waals surface area (Å²) < 4.78 is 0. The van der Waals surface area contributed by atoms with Crippen molar-refractivity contribution in [2.24, 2.45) is 0 Å². The molecule has 1 aromatic carbocycles. The van der Waals surface area contributed by atoms with Gasteiger partial charge in [-0.2, -0.15) is 0 Å². The molecule has 1 aromatic rings. The first-order valence-electron chi connectivity index (χ1n) is 5.91. The molecule has 1 atom stereocenters. The minimum atomic E-state index is -0.169. The fourth-order valence-corrected chi connectivity index (χ4v) is 1.54. The van der Waals surface area contributed by atoms with Crippen molar-refractivity contribution < 1.29 is 4.79 Å². The molecule has 3 heteroatoms. The molecule has 92 valence electrons. The minimum absolute atomic E-state index is 0.00530. The molecule has 2 amide bonds. The summed E-state index contributed by atoms with van der Waals surface area (Å²) in [5.41, 5.74) is 2.41. The van der Waals surface area contributed by atoms with E-state index in [-0.39, 0.29) is 12.1 Å². The van der Waals surface area contributed by atoms with Crippen LogP contribution in [-0.4, -0.2) is 12.6 Å². The molecular weight excluding hydrogens is 212 g/mol. The number of amides is 2. The predicted octanol–water partition coefficient (Wildman–Crippen LogP) is 2.80. The second kappa shape index (κ2) is 6.74. The van der Waals surface area contributed by atoms with Crippen LogP contribution in [-0.2, 0) is 6.42 Å². The summed E-state index contributed by atoms with van der Waals surface area (Å²) in [6.45, 7) is 8.12. The maximum absolute atomic E-state index is 11.4. The van der Waals surface area contributed by atoms with Crippen LogP contribution in [0.2, 0.25) is 0 Å². The third kappa shape index (κ3) is 4.31. The van der Waals surface area contributed by atoms with Crippen molar-refractivity contribution in [2.45, 2.75) is 26.3 Å². The van der Waals surface area contributed by atoms with Crippen molar-refractivity contribution in [3.05, 3.63) is 48.0 Å². The predicted molar refractivity (Wildman–Crippen MR) is 71.0 cm³/mol. The Morgan fingerprint density at radius 1 is 1.41 bits per heavy atom. The lowest BCUT2D eigenvalue weighted by atomic mass is 10.1. The summed E-state index contributed by atoms with van der Waals surface area (Å²) in [6, 6.07) is 8.13. The molecule has 0 aliphatic rings. The summed E-state index contributed by atoms with van der Waals surface area (Å²) in [4.78, 5) is 11.4. The summed E-state index contributed by atoms with van der Waals surface area (Å²) in [6.07, 6.45) is 2.68. The monoisotopic (exact) mass is 232 g/mol. The van der Waals surface area contributed by atoms with E-state index in [9.17, 15) is 4.79 Å². The van der Waals surface area contributed by atoms with Crippen LogP contribution in [0.15, 0.2) is 36.9 Å². The van der Waals surface area contributed by atoms with Gasteiger partial charge in [-0.15, -0.1) is 6.58 Å². The van der Waals surface area contributed by atoms with Crippen LogP contribution in [0.4, 0.5) is 4.79 Å². The maximum atomic E-state index is 11.4. The number of hydrogen-bond donors (Lipinski definition) is 2. The van der Waals surface area contributed by atoms with E-state index >= 15 is 0 Å². The Bertz CT molecular complexity index is 370. The number of urea groups is 1. The molecule has 0 saturated carbocycles. The lowest BCUT2D eigenvalue weighted by Crippen LogP contribution is -2.37. The highest BCUT2D eigenvalue weighted by atomic mass is 16.2. The van der Waals surface area contributed by atoms with Crippen LogP contribution in [0.1, 0.15) is 31.0 Å². The molecule has 0 saturated heterocycles. The summed E-state index contributed by atoms with van der Waals surface area (Å²) >= 11 is 0. The number of carbonyl (C=O) groups excluding carboxylic acids is 1. The van der Waals surface area contributed by atoms with E-state index in [1.54, 1.807) is 6.08 Å². The molecule has 0 radical (unpaired) electrons. The van der Waals surface area contributed by atoms with Gasteiger partial charge in [0.25, 0.3) is 0 Å². The Morgan fingerprint density at radius 2 is 2.06 bits per heavy atom. The molecule has 3 nitrogen and oxygen atoms in total. The Kier molecular flexibility index (Phi) is 5.27. The summed E-state index contributed by atoms with van der Waals surface area (Å²) in [7, 11) is 0. The van der Waals surface area contributed by atoms with E-state index in [4.69, 9.17) is 0 Å². The zero-order chi connectivity index (χ0) is 12.7. The van der Waals surface area contributed by atoms with E-state index in [0.29, 0.717) is 6.54 Å². The highest BCUT2D eigenvalue weighted by Gasteiger charge is 2.07. The Labute approximate surface area is 103 Å². The topological polar surface area (TPSA) is 41.1 Å². The summed E-state index contributed by atoms with van der Waals surface area (Å²) in [5, 5.41) is 5.56. The molecule has 0 fully saturated rings. The molecule has 0 aliphatic carbocycles. The van der Waals surface area contributed by atoms with Crippen molar-refractivity contribution in [3.63, 3.8) is 0 Å². The molecule has 0 bridgehead atoms. The van der Waals surface area contributed by atoms with Gasteiger partial charge in [-0.3, -0.25) is 0 Å². The van der Waals surface area contributed by atoms with Gasteiger partial charge in [-0.25, -0.2) is 4.79 Å². The molecule has 1 rings (SSSR count). The van der Waals surface area contributed by atoms with Crippen molar-refractivity contribution in [2.75, 3.05) is 6.54 Å². The van der Waals surface area contributed by atoms with Crippen molar-refractivity contribution in [3.8, 4) is 0 Å². The van der Waals surface area contributed by atoms with Crippen LogP contribution < -0.4 is 10.6 Å². The number of carbonyl (C=O) groups is 1. The van der Waals surface area contributed by atoms with Crippen LogP contribution in [0.25, 0.3) is 0 Å². The zero-order valence-corrected chi connectivity index (χ0v) is 10.5. The lowest BCUT2D eigenvalue weighted by molar-refractivity contribution is 0.239. The highest BCUT2D eigenvalue weighted by molar-refractivity contribution is 5.74. The molecular formula is C14H20N2O. The van der Waals surface area contributed by atoms with Crippen LogP contribution in [0, 0.1) is 0 Å². The third-order valence-electron chi connectivity index (χ3n) is 2.64. The number of rotatable bonds is 5. The highest BCUT2D eigenvalue weighted by Crippen LogP contribution is 2.13. The van der Waals surface area contributed by atoms with Crippen molar-refractivity contribution in [1.82, 2.24) is 10.6 Å². The van der Waals surface area contributed by atoms with E-state index in [1.165, 1.54) is 5.56 Å². The van der Waals surface area contributed by atoms with E-state index < -0.39 is 0 Å². The van der Waals surface area contributed by atoms with Crippen molar-refractivity contribution in [1.29, 1.82) is 0 Å². The standard InChI is InChI=1S/C14H20N2O/c1-4-10-15-14(17)16-11(3)13-8-6-12(5-2)7-9-13/h4,6-9,11H,1,5,10H2,2-3H3,(H2,15,16,17). The van der Waals surface area contributed by atoms with Gasteiger partial charge in [-0.1, -0.05) is 37.3 Å². The van der Waals surface area contributed by atoms with Gasteiger partial charge < -0.3 is 10.6 Å². The average molecular weight is 232 g/mol. The Hall–Kier alpha value is -1.77. The normalized spacial score (nSPS) is 11.6. The van der Waals surface area contributed by atoms with Gasteiger partial charge in [0.15, 0.2) is 0 Å². The van der Waals surface area contributed by atoms with E-state index in [2.05, 4.69) is 48.4 Å². The van der Waals surface area contributed by atoms with Gasteiger partial charge in [0.05, 0.1) is 6.04 Å². The smallest absolute Gasteiger partial charge is 0.315 e. The second-order valence-electron chi connectivity index (χ2n) is 3.96. The van der Waals surface area contributed by atoms with E-state index in [0.717, 1.165) is 12.0 Å². The maximum Gasteiger partial charge on any atom is 0.315 e. The number of nitrogens with one attached hydrogen (secondary N) is 2. The number of hydrogen-bond acceptors (Lipinski definition) is 1. The van der Waals surface area contributed by atoms with Gasteiger partial charge >= 0.3 is 6.03 Å². The van der Waals surface area contributed by atoms with Crippen molar-refractivity contribution >= 4 is 6.03 Å². The van der Waals surface area contributed by atoms with Gasteiger partial charge in [-0.05, 0) is 24.5 Å². The van der Waals surface area contributed by atoms with Crippen LogP contribution in [0.3, 0.4) is 0 Å². The second-order valence-corrected chi connectivity index (χ2v) is 3.96. The van der Waals surface area contributed by atoms with Crippen LogP contribution in [0.5, 0.6) is 0 Å². The molecule has 0 aromatic heterocycles. The van der Waals surface area contributed by atoms with Crippen LogP contribution >= 0.6 is 0 Å². The first-order chi connectivity index (χ1) is 8.17. The largest absolute Gasteiger partial charge is 0.335 e. The fraction of sp³-hybridized carbons (Fsp3) is 0.357. The zero-order valence-electron chi connectivity index (χ0n) is 10.5. The molecule has 0 aliphatic heterocycles. The van der Waals surface area contributed by atoms with Gasteiger partial charge in [0.2, 0.25) is 0 Å². The quantitative estimate of drug-likeness (QED) is 0.753. The lowest BCUT2D eigenvalue weighted by Gasteiger charge is -2.15. The Balaban J connectivity index is 2.53. The summed E-state index contributed by atoms with van der Waals surface area (Å²) in [5.74, 6) is 0. The first-order valence-corrected chi connectivity index (χ1v) is 5.91. The first kappa shape index (κ1) is 13.3. The number of benzene rings is 1. The fourth-order valence-electron chi connectivity index (χ4n) is 1.54.